The molecule has 26 heavy (non-hydrogen) atoms. The Kier molecular flexibility index (Phi) is 6.53. The van der Waals surface area contributed by atoms with Crippen LogP contribution in [0.5, 0.6) is 0 Å². The second-order valence-corrected chi connectivity index (χ2v) is 7.81. The van der Waals surface area contributed by atoms with Crippen LogP contribution < -0.4 is 10.6 Å². The molecular formula is C21H31N3O2. The van der Waals surface area contributed by atoms with E-state index in [2.05, 4.69) is 17.6 Å². The van der Waals surface area contributed by atoms with Gasteiger partial charge in [-0.25, -0.2) is 4.79 Å². The van der Waals surface area contributed by atoms with Crippen LogP contribution in [0.1, 0.15) is 51.0 Å². The molecule has 5 nitrogen and oxygen atoms in total. The van der Waals surface area contributed by atoms with Gasteiger partial charge in [0.15, 0.2) is 0 Å². The topological polar surface area (TPSA) is 61.4 Å². The predicted octanol–water partition coefficient (Wildman–Crippen LogP) is 3.30. The molecule has 2 aliphatic rings. The maximum absolute atomic E-state index is 12.7. The van der Waals surface area contributed by atoms with E-state index in [1.807, 2.05) is 30.3 Å². The third-order valence-corrected chi connectivity index (χ3v) is 5.81. The molecule has 1 aromatic rings. The molecule has 0 radical (unpaired) electrons. The molecule has 1 heterocycles. The molecule has 0 spiro atoms. The minimum Gasteiger partial charge on any atom is -0.353 e. The summed E-state index contributed by atoms with van der Waals surface area (Å²) in [7, 11) is 0. The molecule has 0 aromatic heterocycles. The number of piperidine rings is 1. The van der Waals surface area contributed by atoms with E-state index in [1.54, 1.807) is 4.90 Å². The summed E-state index contributed by atoms with van der Waals surface area (Å²) in [6, 6.07) is 10.1. The molecule has 0 bridgehead atoms. The van der Waals surface area contributed by atoms with Crippen molar-refractivity contribution >= 4 is 11.9 Å². The summed E-state index contributed by atoms with van der Waals surface area (Å²) in [5.41, 5.74) is 1.08. The smallest absolute Gasteiger partial charge is 0.317 e. The van der Waals surface area contributed by atoms with Gasteiger partial charge in [0.25, 0.3) is 0 Å². The number of likely N-dealkylation sites (tertiary alicyclic amines) is 1. The van der Waals surface area contributed by atoms with E-state index in [0.29, 0.717) is 25.0 Å². The van der Waals surface area contributed by atoms with Gasteiger partial charge in [0, 0.05) is 25.7 Å². The monoisotopic (exact) mass is 357 g/mol. The van der Waals surface area contributed by atoms with Gasteiger partial charge >= 0.3 is 6.03 Å². The van der Waals surface area contributed by atoms with Crippen LogP contribution in [0, 0.1) is 11.8 Å². The Bertz CT molecular complexity index is 605. The Morgan fingerprint density at radius 2 is 1.85 bits per heavy atom. The minimum absolute atomic E-state index is 0.0719. The second-order valence-electron chi connectivity index (χ2n) is 7.81. The number of benzene rings is 1. The number of rotatable bonds is 4. The molecule has 1 aliphatic heterocycles. The van der Waals surface area contributed by atoms with Crippen molar-refractivity contribution in [2.24, 2.45) is 11.8 Å². The fourth-order valence-corrected chi connectivity index (χ4v) is 4.09. The summed E-state index contributed by atoms with van der Waals surface area (Å²) < 4.78 is 0. The Hall–Kier alpha value is -2.04. The fraction of sp³-hybridized carbons (Fsp3) is 0.619. The molecule has 1 aromatic carbocycles. The first-order chi connectivity index (χ1) is 12.6. The summed E-state index contributed by atoms with van der Waals surface area (Å²) in [5.74, 6) is 0.603. The van der Waals surface area contributed by atoms with E-state index >= 15 is 0 Å². The molecule has 0 unspecified atom stereocenters. The zero-order chi connectivity index (χ0) is 18.4. The van der Waals surface area contributed by atoms with Crippen molar-refractivity contribution in [3.63, 3.8) is 0 Å². The van der Waals surface area contributed by atoms with Crippen molar-refractivity contribution < 1.29 is 9.59 Å². The highest BCUT2D eigenvalue weighted by Gasteiger charge is 2.31. The highest BCUT2D eigenvalue weighted by atomic mass is 16.2. The number of carbonyl (C=O) groups excluding carboxylic acids is 2. The van der Waals surface area contributed by atoms with Crippen LogP contribution in [0.15, 0.2) is 30.3 Å². The first-order valence-electron chi connectivity index (χ1n) is 10.0. The molecule has 5 heteroatoms. The lowest BCUT2D eigenvalue weighted by molar-refractivity contribution is -0.127. The van der Waals surface area contributed by atoms with Gasteiger partial charge in [-0.05, 0) is 37.2 Å². The molecule has 3 atom stereocenters. The summed E-state index contributed by atoms with van der Waals surface area (Å²) in [4.78, 5) is 26.9. The molecule has 1 aliphatic carbocycles. The molecule has 3 rings (SSSR count). The molecule has 2 N–H and O–H groups in total. The normalized spacial score (nSPS) is 26.2. The van der Waals surface area contributed by atoms with Gasteiger partial charge in [0.05, 0.1) is 5.92 Å². The summed E-state index contributed by atoms with van der Waals surface area (Å²) >= 11 is 0. The standard InChI is InChI=1S/C21H31N3O2/c1-16-8-5-6-12-19(16)23-20(25)18-11-7-13-24(15-18)21(26)22-14-17-9-3-2-4-10-17/h2-4,9-10,16,18-19H,5-8,11-15H2,1H3,(H,22,26)(H,23,25)/t16-,18+,19-/m1/s1. The zero-order valence-electron chi connectivity index (χ0n) is 15.7. The third kappa shape index (κ3) is 4.99. The molecule has 2 fully saturated rings. The lowest BCUT2D eigenvalue weighted by Gasteiger charge is -2.35. The van der Waals surface area contributed by atoms with E-state index in [9.17, 15) is 9.59 Å². The van der Waals surface area contributed by atoms with Crippen molar-refractivity contribution in [1.29, 1.82) is 0 Å². The van der Waals surface area contributed by atoms with Crippen molar-refractivity contribution in [3.8, 4) is 0 Å². The Balaban J connectivity index is 1.48. The molecule has 3 amide bonds. The Morgan fingerprint density at radius 3 is 2.62 bits per heavy atom. The Morgan fingerprint density at radius 1 is 1.08 bits per heavy atom. The van der Waals surface area contributed by atoms with E-state index < -0.39 is 0 Å². The van der Waals surface area contributed by atoms with Gasteiger partial charge < -0.3 is 15.5 Å². The largest absolute Gasteiger partial charge is 0.353 e. The van der Waals surface area contributed by atoms with Crippen molar-refractivity contribution in [2.45, 2.75) is 58.0 Å². The lowest BCUT2D eigenvalue weighted by Crippen LogP contribution is -2.51. The third-order valence-electron chi connectivity index (χ3n) is 5.81. The average Bonchev–Trinajstić information content (AvgIpc) is 2.69. The summed E-state index contributed by atoms with van der Waals surface area (Å²) in [6.45, 7) is 4.00. The van der Waals surface area contributed by atoms with Gasteiger partial charge in [-0.1, -0.05) is 50.1 Å². The number of hydrogen-bond donors (Lipinski definition) is 2. The van der Waals surface area contributed by atoms with Crippen LogP contribution in [-0.2, 0) is 11.3 Å². The van der Waals surface area contributed by atoms with E-state index in [1.165, 1.54) is 19.3 Å². The van der Waals surface area contributed by atoms with Gasteiger partial charge in [0.1, 0.15) is 0 Å². The maximum Gasteiger partial charge on any atom is 0.317 e. The maximum atomic E-state index is 12.7. The predicted molar refractivity (Wildman–Crippen MR) is 103 cm³/mol. The van der Waals surface area contributed by atoms with Crippen LogP contribution in [0.4, 0.5) is 4.79 Å². The number of nitrogens with zero attached hydrogens (tertiary/aromatic N) is 1. The van der Waals surface area contributed by atoms with Crippen LogP contribution in [0.25, 0.3) is 0 Å². The quantitative estimate of drug-likeness (QED) is 0.868. The van der Waals surface area contributed by atoms with E-state index in [0.717, 1.165) is 31.4 Å². The highest BCUT2D eigenvalue weighted by Crippen LogP contribution is 2.25. The number of nitrogens with one attached hydrogen (secondary N) is 2. The molecule has 142 valence electrons. The van der Waals surface area contributed by atoms with E-state index in [4.69, 9.17) is 0 Å². The second kappa shape index (κ2) is 9.06. The van der Waals surface area contributed by atoms with Gasteiger partial charge in [-0.15, -0.1) is 0 Å². The zero-order valence-corrected chi connectivity index (χ0v) is 15.7. The average molecular weight is 357 g/mol. The number of urea groups is 1. The summed E-state index contributed by atoms with van der Waals surface area (Å²) in [5, 5.41) is 6.23. The number of amides is 3. The van der Waals surface area contributed by atoms with E-state index in [-0.39, 0.29) is 17.9 Å². The van der Waals surface area contributed by atoms with Crippen LogP contribution >= 0.6 is 0 Å². The van der Waals surface area contributed by atoms with Crippen molar-refractivity contribution in [2.75, 3.05) is 13.1 Å². The summed E-state index contributed by atoms with van der Waals surface area (Å²) in [6.07, 6.45) is 6.51. The lowest BCUT2D eigenvalue weighted by atomic mass is 9.85. The number of carbonyl (C=O) groups is 2. The van der Waals surface area contributed by atoms with Gasteiger partial charge in [0.2, 0.25) is 5.91 Å². The SMILES string of the molecule is C[C@@H]1CCCC[C@H]1NC(=O)[C@H]1CCCN(C(=O)NCc2ccccc2)C1. The van der Waals surface area contributed by atoms with Crippen LogP contribution in [0.2, 0.25) is 0 Å². The molecular weight excluding hydrogens is 326 g/mol. The molecule has 1 saturated heterocycles. The molecule has 1 saturated carbocycles. The van der Waals surface area contributed by atoms with Crippen LogP contribution in [0.3, 0.4) is 0 Å². The first-order valence-corrected chi connectivity index (χ1v) is 10.0. The highest BCUT2D eigenvalue weighted by molar-refractivity contribution is 5.81. The first kappa shape index (κ1) is 18.7. The van der Waals surface area contributed by atoms with Gasteiger partial charge in [-0.2, -0.15) is 0 Å². The number of hydrogen-bond acceptors (Lipinski definition) is 2. The Labute approximate surface area is 156 Å². The fourth-order valence-electron chi connectivity index (χ4n) is 4.09. The van der Waals surface area contributed by atoms with Crippen molar-refractivity contribution in [1.82, 2.24) is 15.5 Å². The van der Waals surface area contributed by atoms with Gasteiger partial charge in [-0.3, -0.25) is 4.79 Å². The van der Waals surface area contributed by atoms with Crippen LogP contribution in [-0.4, -0.2) is 36.0 Å². The minimum atomic E-state index is -0.0830. The van der Waals surface area contributed by atoms with Crippen molar-refractivity contribution in [3.05, 3.63) is 35.9 Å².